The minimum Gasteiger partial charge on any atom is -0.481 e. The smallest absolute Gasteiger partial charge is 0.344 e. The quantitative estimate of drug-likeness (QED) is 0.351. The summed E-state index contributed by atoms with van der Waals surface area (Å²) in [4.78, 5) is 30.8. The first-order chi connectivity index (χ1) is 16.2. The molecule has 0 unspecified atom stereocenters. The molecule has 1 aliphatic carbocycles. The van der Waals surface area contributed by atoms with Crippen molar-refractivity contribution in [2.45, 2.75) is 32.6 Å². The van der Waals surface area contributed by atoms with Crippen molar-refractivity contribution in [1.29, 1.82) is 0 Å². The van der Waals surface area contributed by atoms with Crippen molar-refractivity contribution >= 4 is 40.1 Å². The van der Waals surface area contributed by atoms with Gasteiger partial charge in [-0.3, -0.25) is 4.79 Å². The molecule has 1 aromatic heterocycles. The molecule has 1 amide bonds. The molecule has 0 radical (unpaired) electrons. The maximum atomic E-state index is 13.2. The van der Waals surface area contributed by atoms with E-state index in [1.54, 1.807) is 30.5 Å². The van der Waals surface area contributed by atoms with E-state index in [0.29, 0.717) is 22.9 Å². The molecule has 170 valence electrons. The molecule has 33 heavy (non-hydrogen) atoms. The number of ether oxygens (including phenoxy) is 2. The van der Waals surface area contributed by atoms with Crippen molar-refractivity contribution in [3.63, 3.8) is 0 Å². The molecule has 0 spiro atoms. The van der Waals surface area contributed by atoms with Crippen LogP contribution in [0.1, 0.15) is 46.1 Å². The van der Waals surface area contributed by atoms with Crippen LogP contribution in [-0.4, -0.2) is 31.3 Å². The summed E-state index contributed by atoms with van der Waals surface area (Å²) in [6.07, 6.45) is 5.75. The van der Waals surface area contributed by atoms with Gasteiger partial charge < -0.3 is 14.8 Å². The molecule has 1 aliphatic rings. The number of rotatable bonds is 8. The van der Waals surface area contributed by atoms with Gasteiger partial charge in [0.2, 0.25) is 0 Å². The third-order valence-corrected chi connectivity index (χ3v) is 6.50. The largest absolute Gasteiger partial charge is 0.481 e. The summed E-state index contributed by atoms with van der Waals surface area (Å²) in [6, 6.07) is 16.8. The van der Waals surface area contributed by atoms with Crippen LogP contribution in [0.15, 0.2) is 59.6 Å². The van der Waals surface area contributed by atoms with Gasteiger partial charge in [-0.25, -0.2) is 9.79 Å². The minimum absolute atomic E-state index is 0.139. The fourth-order valence-electron chi connectivity index (χ4n) is 3.78. The number of hydrogen-bond donors (Lipinski definition) is 1. The Labute approximate surface area is 197 Å². The molecule has 0 aliphatic heterocycles. The molecule has 2 aromatic carbocycles. The molecule has 4 rings (SSSR count). The molecule has 0 atom stereocenters. The number of benzene rings is 2. The second-order valence-corrected chi connectivity index (χ2v) is 8.68. The summed E-state index contributed by atoms with van der Waals surface area (Å²) < 4.78 is 10.6. The maximum Gasteiger partial charge on any atom is 0.344 e. The zero-order valence-corrected chi connectivity index (χ0v) is 19.3. The lowest BCUT2D eigenvalue weighted by atomic mass is 9.95. The average Bonchev–Trinajstić information content (AvgIpc) is 3.21. The van der Waals surface area contributed by atoms with Gasteiger partial charge in [-0.1, -0.05) is 30.3 Å². The third-order valence-electron chi connectivity index (χ3n) is 5.30. The van der Waals surface area contributed by atoms with Crippen LogP contribution in [-0.2, 0) is 22.4 Å². The van der Waals surface area contributed by atoms with Crippen LogP contribution in [0.4, 0.5) is 10.7 Å². The van der Waals surface area contributed by atoms with E-state index in [9.17, 15) is 9.59 Å². The third kappa shape index (κ3) is 5.68. The Morgan fingerprint density at radius 3 is 2.64 bits per heavy atom. The number of esters is 1. The molecule has 0 saturated carbocycles. The van der Waals surface area contributed by atoms with Gasteiger partial charge in [0.15, 0.2) is 6.61 Å². The normalized spacial score (nSPS) is 12.9. The second-order valence-electron chi connectivity index (χ2n) is 7.60. The highest BCUT2D eigenvalue weighted by Gasteiger charge is 2.25. The standard InChI is InChI=1S/C26H26N2O4S/c1-2-31-23(29)17-32-21-14-8-6-10-18(21)16-27-26-24(20-13-7-9-15-22(20)33-26)25(30)28-19-11-4-3-5-12-19/h3-6,8,10-12,14,16H,2,7,9,13,15,17H2,1H3,(H,28,30). The molecule has 0 bridgehead atoms. The summed E-state index contributed by atoms with van der Waals surface area (Å²) in [5, 5.41) is 3.70. The van der Waals surface area contributed by atoms with E-state index < -0.39 is 5.97 Å². The molecule has 6 nitrogen and oxygen atoms in total. The number of aryl methyl sites for hydroxylation is 1. The highest BCUT2D eigenvalue weighted by Crippen LogP contribution is 2.40. The van der Waals surface area contributed by atoms with E-state index in [2.05, 4.69) is 5.32 Å². The topological polar surface area (TPSA) is 77.0 Å². The Bertz CT molecular complexity index is 1150. The first kappa shape index (κ1) is 22.7. The van der Waals surface area contributed by atoms with E-state index in [-0.39, 0.29) is 12.5 Å². The summed E-state index contributed by atoms with van der Waals surface area (Å²) in [5.74, 6) is -0.0273. The van der Waals surface area contributed by atoms with Crippen molar-refractivity contribution in [3.05, 3.63) is 76.2 Å². The fourth-order valence-corrected chi connectivity index (χ4v) is 5.01. The van der Waals surface area contributed by atoms with Crippen LogP contribution in [0, 0.1) is 0 Å². The summed E-state index contributed by atoms with van der Waals surface area (Å²) in [7, 11) is 0. The number of nitrogens with zero attached hydrogens (tertiary/aromatic N) is 1. The van der Waals surface area contributed by atoms with Gasteiger partial charge in [0.05, 0.1) is 12.2 Å². The summed E-state index contributed by atoms with van der Waals surface area (Å²) in [6.45, 7) is 1.89. The van der Waals surface area contributed by atoms with E-state index in [4.69, 9.17) is 14.5 Å². The van der Waals surface area contributed by atoms with Crippen molar-refractivity contribution in [3.8, 4) is 5.75 Å². The maximum absolute atomic E-state index is 13.2. The minimum atomic E-state index is -0.421. The summed E-state index contributed by atoms with van der Waals surface area (Å²) in [5.41, 5.74) is 3.24. The zero-order chi connectivity index (χ0) is 23.0. The van der Waals surface area contributed by atoms with Gasteiger partial charge in [0.1, 0.15) is 10.8 Å². The molecular formula is C26H26N2O4S. The van der Waals surface area contributed by atoms with Gasteiger partial charge in [0, 0.05) is 22.3 Å². The highest BCUT2D eigenvalue weighted by atomic mass is 32.1. The van der Waals surface area contributed by atoms with E-state index in [0.717, 1.165) is 42.5 Å². The number of anilines is 1. The molecular weight excluding hydrogens is 436 g/mol. The lowest BCUT2D eigenvalue weighted by Crippen LogP contribution is -2.15. The molecule has 7 heteroatoms. The van der Waals surface area contributed by atoms with Gasteiger partial charge >= 0.3 is 5.97 Å². The zero-order valence-electron chi connectivity index (χ0n) is 18.5. The number of nitrogens with one attached hydrogen (secondary N) is 1. The van der Waals surface area contributed by atoms with Crippen LogP contribution < -0.4 is 10.1 Å². The number of aliphatic imine (C=N–C) groups is 1. The van der Waals surface area contributed by atoms with Crippen LogP contribution in [0.3, 0.4) is 0 Å². The second kappa shape index (κ2) is 10.9. The Balaban J connectivity index is 1.60. The number of hydrogen-bond acceptors (Lipinski definition) is 6. The Kier molecular flexibility index (Phi) is 7.52. The van der Waals surface area contributed by atoms with Gasteiger partial charge in [-0.05, 0) is 62.4 Å². The number of fused-ring (bicyclic) bond motifs is 1. The Morgan fingerprint density at radius 1 is 1.06 bits per heavy atom. The number of amides is 1. The van der Waals surface area contributed by atoms with E-state index in [1.165, 1.54) is 4.88 Å². The monoisotopic (exact) mass is 462 g/mol. The average molecular weight is 463 g/mol. The first-order valence-electron chi connectivity index (χ1n) is 11.1. The lowest BCUT2D eigenvalue weighted by Gasteiger charge is -2.12. The van der Waals surface area contributed by atoms with Gasteiger partial charge in [-0.15, -0.1) is 11.3 Å². The fraction of sp³-hybridized carbons (Fsp3) is 0.269. The van der Waals surface area contributed by atoms with E-state index in [1.807, 2.05) is 48.5 Å². The van der Waals surface area contributed by atoms with Crippen molar-refractivity contribution in [2.24, 2.45) is 4.99 Å². The van der Waals surface area contributed by atoms with Crippen molar-refractivity contribution in [1.82, 2.24) is 0 Å². The predicted octanol–water partition coefficient (Wildman–Crippen LogP) is 5.57. The SMILES string of the molecule is CCOC(=O)COc1ccccc1C=Nc1sc2c(c1C(=O)Nc1ccccc1)CCCC2. The number of carbonyl (C=O) groups excluding carboxylic acids is 2. The van der Waals surface area contributed by atoms with Crippen LogP contribution in [0.25, 0.3) is 0 Å². The highest BCUT2D eigenvalue weighted by molar-refractivity contribution is 7.16. The number of para-hydroxylation sites is 2. The molecule has 1 heterocycles. The Hall–Kier alpha value is -3.45. The van der Waals surface area contributed by atoms with E-state index >= 15 is 0 Å². The van der Waals surface area contributed by atoms with Gasteiger partial charge in [-0.2, -0.15) is 0 Å². The molecule has 3 aromatic rings. The predicted molar refractivity (Wildman–Crippen MR) is 131 cm³/mol. The molecule has 1 N–H and O–H groups in total. The van der Waals surface area contributed by atoms with Crippen molar-refractivity contribution in [2.75, 3.05) is 18.5 Å². The molecule has 0 fully saturated rings. The molecule has 0 saturated heterocycles. The number of thiophene rings is 1. The first-order valence-corrected chi connectivity index (χ1v) is 11.9. The van der Waals surface area contributed by atoms with Crippen molar-refractivity contribution < 1.29 is 19.1 Å². The Morgan fingerprint density at radius 2 is 1.82 bits per heavy atom. The van der Waals surface area contributed by atoms with Crippen LogP contribution >= 0.6 is 11.3 Å². The van der Waals surface area contributed by atoms with Crippen LogP contribution in [0.2, 0.25) is 0 Å². The summed E-state index contributed by atoms with van der Waals surface area (Å²) >= 11 is 1.58. The lowest BCUT2D eigenvalue weighted by molar-refractivity contribution is -0.145. The number of carbonyl (C=O) groups is 2. The van der Waals surface area contributed by atoms with Crippen LogP contribution in [0.5, 0.6) is 5.75 Å². The van der Waals surface area contributed by atoms with Gasteiger partial charge in [0.25, 0.3) is 5.91 Å².